The van der Waals surface area contributed by atoms with Gasteiger partial charge in [-0.2, -0.15) is 0 Å². The molecule has 1 aliphatic carbocycles. The number of hydrogen-bond donors (Lipinski definition) is 1. The average molecular weight is 206 g/mol. The highest BCUT2D eigenvalue weighted by Crippen LogP contribution is 2.32. The molecule has 2 rings (SSSR count). The van der Waals surface area contributed by atoms with Crippen LogP contribution in [0.25, 0.3) is 0 Å². The number of hydrogen-bond acceptors (Lipinski definition) is 2. The van der Waals surface area contributed by atoms with Crippen molar-refractivity contribution in [2.45, 2.75) is 32.4 Å². The Balaban J connectivity index is 1.75. The highest BCUT2D eigenvalue weighted by atomic mass is 16.1. The van der Waals surface area contributed by atoms with E-state index in [2.05, 4.69) is 12.2 Å². The van der Waals surface area contributed by atoms with Crippen LogP contribution < -0.4 is 10.9 Å². The number of aromatic nitrogens is 1. The van der Waals surface area contributed by atoms with Crippen LogP contribution in [0.3, 0.4) is 0 Å². The minimum Gasteiger partial charge on any atom is -0.314 e. The average Bonchev–Trinajstić information content (AvgIpc) is 3.00. The second kappa shape index (κ2) is 4.62. The quantitative estimate of drug-likeness (QED) is 0.786. The molecule has 1 aliphatic rings. The Hall–Kier alpha value is -1.09. The van der Waals surface area contributed by atoms with E-state index >= 15 is 0 Å². The summed E-state index contributed by atoms with van der Waals surface area (Å²) < 4.78 is 1.75. The van der Waals surface area contributed by atoms with Gasteiger partial charge in [0.15, 0.2) is 0 Å². The van der Waals surface area contributed by atoms with Crippen LogP contribution in [0, 0.1) is 5.92 Å². The third-order valence-electron chi connectivity index (χ3n) is 3.11. The van der Waals surface area contributed by atoms with Crippen molar-refractivity contribution >= 4 is 0 Å². The molecule has 1 heterocycles. The Morgan fingerprint density at radius 3 is 3.07 bits per heavy atom. The van der Waals surface area contributed by atoms with Gasteiger partial charge in [0.2, 0.25) is 0 Å². The maximum absolute atomic E-state index is 11.4. The van der Waals surface area contributed by atoms with E-state index < -0.39 is 0 Å². The van der Waals surface area contributed by atoms with Crippen molar-refractivity contribution < 1.29 is 0 Å². The number of nitrogens with one attached hydrogen (secondary N) is 1. The van der Waals surface area contributed by atoms with Crippen molar-refractivity contribution in [3.8, 4) is 0 Å². The van der Waals surface area contributed by atoms with Crippen molar-refractivity contribution in [2.24, 2.45) is 5.92 Å². The molecule has 1 N–H and O–H groups in total. The summed E-state index contributed by atoms with van der Waals surface area (Å²) in [5, 5.41) is 3.47. The van der Waals surface area contributed by atoms with Crippen LogP contribution in [0.4, 0.5) is 0 Å². The second-order valence-electron chi connectivity index (χ2n) is 4.20. The Kier molecular flexibility index (Phi) is 3.21. The standard InChI is InChI=1S/C12H18N2O/c1-2-10-9-11(10)13-6-8-14-7-4-3-5-12(14)15/h3-5,7,10-11,13H,2,6,8-9H2,1H3. The molecule has 1 aromatic heterocycles. The minimum atomic E-state index is 0.0853. The smallest absolute Gasteiger partial charge is 0.250 e. The topological polar surface area (TPSA) is 34.0 Å². The summed E-state index contributed by atoms with van der Waals surface area (Å²) in [5.41, 5.74) is 0.0853. The van der Waals surface area contributed by atoms with Crippen molar-refractivity contribution in [2.75, 3.05) is 6.54 Å². The zero-order valence-electron chi connectivity index (χ0n) is 9.15. The fourth-order valence-electron chi connectivity index (χ4n) is 1.96. The van der Waals surface area contributed by atoms with Gasteiger partial charge in [-0.15, -0.1) is 0 Å². The summed E-state index contributed by atoms with van der Waals surface area (Å²) >= 11 is 0. The Bertz CT molecular complexity index is 372. The van der Waals surface area contributed by atoms with Gasteiger partial charge < -0.3 is 9.88 Å². The van der Waals surface area contributed by atoms with Crippen LogP contribution in [-0.2, 0) is 6.54 Å². The van der Waals surface area contributed by atoms with Crippen LogP contribution in [0.15, 0.2) is 29.2 Å². The first kappa shape index (κ1) is 10.4. The van der Waals surface area contributed by atoms with Gasteiger partial charge >= 0.3 is 0 Å². The van der Waals surface area contributed by atoms with Gasteiger partial charge in [0.1, 0.15) is 0 Å². The predicted molar refractivity (Wildman–Crippen MR) is 60.9 cm³/mol. The van der Waals surface area contributed by atoms with Gasteiger partial charge in [0.05, 0.1) is 0 Å². The van der Waals surface area contributed by atoms with E-state index in [1.165, 1.54) is 12.8 Å². The highest BCUT2D eigenvalue weighted by Gasteiger charge is 2.34. The Morgan fingerprint density at radius 1 is 1.53 bits per heavy atom. The third kappa shape index (κ3) is 2.69. The van der Waals surface area contributed by atoms with Crippen LogP contribution >= 0.6 is 0 Å². The second-order valence-corrected chi connectivity index (χ2v) is 4.20. The zero-order valence-corrected chi connectivity index (χ0v) is 9.15. The van der Waals surface area contributed by atoms with Crippen molar-refractivity contribution in [3.05, 3.63) is 34.7 Å². The minimum absolute atomic E-state index is 0.0853. The fourth-order valence-corrected chi connectivity index (χ4v) is 1.96. The van der Waals surface area contributed by atoms with Crippen molar-refractivity contribution in [1.82, 2.24) is 9.88 Å². The molecule has 0 radical (unpaired) electrons. The van der Waals surface area contributed by atoms with Gasteiger partial charge in [-0.3, -0.25) is 4.79 Å². The summed E-state index contributed by atoms with van der Waals surface area (Å²) in [6.07, 6.45) is 4.41. The van der Waals surface area contributed by atoms with Crippen molar-refractivity contribution in [1.29, 1.82) is 0 Å². The molecule has 0 saturated heterocycles. The molecule has 2 atom stereocenters. The van der Waals surface area contributed by atoms with Crippen LogP contribution in [0.2, 0.25) is 0 Å². The lowest BCUT2D eigenvalue weighted by Crippen LogP contribution is -2.27. The molecule has 0 aliphatic heterocycles. The number of nitrogens with zero attached hydrogens (tertiary/aromatic N) is 1. The van der Waals surface area contributed by atoms with E-state index in [1.807, 2.05) is 12.3 Å². The first-order chi connectivity index (χ1) is 7.31. The summed E-state index contributed by atoms with van der Waals surface area (Å²) in [6.45, 7) is 3.89. The van der Waals surface area contributed by atoms with Crippen LogP contribution in [-0.4, -0.2) is 17.2 Å². The molecule has 0 bridgehead atoms. The van der Waals surface area contributed by atoms with E-state index in [0.717, 1.165) is 19.0 Å². The lowest BCUT2D eigenvalue weighted by Gasteiger charge is -2.06. The molecular formula is C12H18N2O. The van der Waals surface area contributed by atoms with E-state index in [1.54, 1.807) is 16.7 Å². The first-order valence-corrected chi connectivity index (χ1v) is 5.70. The lowest BCUT2D eigenvalue weighted by molar-refractivity contribution is 0.559. The largest absolute Gasteiger partial charge is 0.314 e. The molecule has 1 fully saturated rings. The van der Waals surface area contributed by atoms with Crippen LogP contribution in [0.1, 0.15) is 19.8 Å². The van der Waals surface area contributed by atoms with Crippen LogP contribution in [0.5, 0.6) is 0 Å². The summed E-state index contributed by atoms with van der Waals surface area (Å²) in [5.74, 6) is 0.873. The summed E-state index contributed by atoms with van der Waals surface area (Å²) in [6, 6.07) is 5.98. The molecule has 1 saturated carbocycles. The molecule has 2 unspecified atom stereocenters. The Morgan fingerprint density at radius 2 is 2.40 bits per heavy atom. The van der Waals surface area contributed by atoms with Gasteiger partial charge in [-0.25, -0.2) is 0 Å². The maximum Gasteiger partial charge on any atom is 0.250 e. The van der Waals surface area contributed by atoms with E-state index in [9.17, 15) is 4.79 Å². The molecule has 3 heteroatoms. The molecule has 15 heavy (non-hydrogen) atoms. The number of pyridine rings is 1. The van der Waals surface area contributed by atoms with Crippen molar-refractivity contribution in [3.63, 3.8) is 0 Å². The lowest BCUT2D eigenvalue weighted by atomic mass is 10.3. The van der Waals surface area contributed by atoms with E-state index in [4.69, 9.17) is 0 Å². The molecule has 0 amide bonds. The third-order valence-corrected chi connectivity index (χ3v) is 3.11. The normalized spacial score (nSPS) is 24.1. The van der Waals surface area contributed by atoms with Gasteiger partial charge in [0, 0.05) is 31.4 Å². The highest BCUT2D eigenvalue weighted by molar-refractivity contribution is 4.94. The van der Waals surface area contributed by atoms with E-state index in [-0.39, 0.29) is 5.56 Å². The SMILES string of the molecule is CCC1CC1NCCn1ccccc1=O. The molecule has 1 aromatic rings. The summed E-state index contributed by atoms with van der Waals surface area (Å²) in [7, 11) is 0. The van der Waals surface area contributed by atoms with Gasteiger partial charge in [-0.05, 0) is 18.4 Å². The molecule has 0 spiro atoms. The predicted octanol–water partition coefficient (Wildman–Crippen LogP) is 1.24. The maximum atomic E-state index is 11.4. The molecule has 3 nitrogen and oxygen atoms in total. The first-order valence-electron chi connectivity index (χ1n) is 5.70. The van der Waals surface area contributed by atoms with Gasteiger partial charge in [0.25, 0.3) is 5.56 Å². The number of rotatable bonds is 5. The zero-order chi connectivity index (χ0) is 10.7. The fraction of sp³-hybridized carbons (Fsp3) is 0.583. The van der Waals surface area contributed by atoms with Gasteiger partial charge in [-0.1, -0.05) is 19.4 Å². The Labute approximate surface area is 90.1 Å². The molecule has 82 valence electrons. The monoisotopic (exact) mass is 206 g/mol. The molecule has 0 aromatic carbocycles. The molecular weight excluding hydrogens is 188 g/mol. The summed E-state index contributed by atoms with van der Waals surface area (Å²) in [4.78, 5) is 11.4. The van der Waals surface area contributed by atoms with E-state index in [0.29, 0.717) is 6.04 Å².